The van der Waals surface area contributed by atoms with Crippen LogP contribution < -0.4 is 10.1 Å². The van der Waals surface area contributed by atoms with E-state index in [0.29, 0.717) is 0 Å². The van der Waals surface area contributed by atoms with Gasteiger partial charge in [0.2, 0.25) is 0 Å². The predicted molar refractivity (Wildman–Crippen MR) is 67.0 cm³/mol. The van der Waals surface area contributed by atoms with Crippen molar-refractivity contribution in [2.75, 3.05) is 0 Å². The van der Waals surface area contributed by atoms with Gasteiger partial charge < -0.3 is 15.3 Å². The number of phenols is 1. The molecule has 100 valence electrons. The molecule has 2 aromatic rings. The van der Waals surface area contributed by atoms with Crippen molar-refractivity contribution in [3.05, 3.63) is 53.3 Å². The van der Waals surface area contributed by atoms with E-state index in [-0.39, 0.29) is 5.75 Å². The third-order valence-corrected chi connectivity index (χ3v) is 2.27. The summed E-state index contributed by atoms with van der Waals surface area (Å²) in [6, 6.07) is 5.22. The zero-order valence-electron chi connectivity index (χ0n) is 10.7. The molecule has 0 amide bonds. The van der Waals surface area contributed by atoms with Crippen LogP contribution in [0, 0.1) is 13.8 Å². The molecular formula is C14H15NO4. The summed E-state index contributed by atoms with van der Waals surface area (Å²) in [4.78, 5) is 13.3. The molecule has 3 N–H and O–H groups in total. The number of aromatic amines is 1. The van der Waals surface area contributed by atoms with Crippen LogP contribution in [-0.2, 0) is 0 Å². The van der Waals surface area contributed by atoms with Gasteiger partial charge in [-0.2, -0.15) is 0 Å². The Morgan fingerprint density at radius 1 is 1.16 bits per heavy atom. The molecule has 2 rings (SSSR count). The van der Waals surface area contributed by atoms with E-state index in [0.717, 1.165) is 18.2 Å². The van der Waals surface area contributed by atoms with Gasteiger partial charge in [0.05, 0.1) is 5.56 Å². The molecule has 0 unspecified atom stereocenters. The second-order valence-electron chi connectivity index (χ2n) is 4.07. The number of nitrogens with one attached hydrogen (secondary N) is 1. The number of phenolic OH excluding ortho intramolecular Hbond substituents is 1. The van der Waals surface area contributed by atoms with Crippen LogP contribution in [-0.4, -0.2) is 16.2 Å². The number of carboxylic acids is 1. The van der Waals surface area contributed by atoms with Crippen molar-refractivity contribution in [1.29, 1.82) is 0 Å². The zero-order valence-corrected chi connectivity index (χ0v) is 10.7. The van der Waals surface area contributed by atoms with E-state index in [1.807, 2.05) is 12.4 Å². The van der Waals surface area contributed by atoms with E-state index in [4.69, 9.17) is 10.2 Å². The standard InChI is InChI=1S/C7H9N.C7H6O4/c1-6-3-7(2)5-8-4-6;8-4-1-2-6(9)5(3-4)7(10)11/h3-5H,1-2H3;1-3,8-9H,(H,10,11). The van der Waals surface area contributed by atoms with Crippen LogP contribution >= 0.6 is 0 Å². The Morgan fingerprint density at radius 3 is 2.11 bits per heavy atom. The third-order valence-electron chi connectivity index (χ3n) is 2.27. The number of aromatic carboxylic acids is 1. The molecule has 0 radical (unpaired) electrons. The lowest BCUT2D eigenvalue weighted by atomic mass is 10.2. The normalized spacial score (nSPS) is 9.37. The molecule has 1 aromatic heterocycles. The molecular weight excluding hydrogens is 246 g/mol. The Morgan fingerprint density at radius 2 is 1.74 bits per heavy atom. The number of aromatic nitrogens is 1. The molecule has 5 nitrogen and oxygen atoms in total. The molecule has 1 heterocycles. The SMILES string of the molecule is Cc1c[nH+]cc(C)c1.O=C(O)c1cc(O)ccc1[O-]. The van der Waals surface area contributed by atoms with Gasteiger partial charge in [-0.15, -0.1) is 0 Å². The van der Waals surface area contributed by atoms with Gasteiger partial charge in [0, 0.05) is 11.1 Å². The lowest BCUT2D eigenvalue weighted by Gasteiger charge is -2.08. The summed E-state index contributed by atoms with van der Waals surface area (Å²) in [6.07, 6.45) is 3.96. The number of carboxylic acid groups (broad SMARTS) is 1. The number of aryl methyl sites for hydroxylation is 2. The summed E-state index contributed by atoms with van der Waals surface area (Å²) >= 11 is 0. The maximum Gasteiger partial charge on any atom is 0.335 e. The number of hydrogen-bond acceptors (Lipinski definition) is 3. The fraction of sp³-hybridized carbons (Fsp3) is 0.143. The number of H-pyrrole nitrogens is 1. The van der Waals surface area contributed by atoms with E-state index in [1.165, 1.54) is 11.1 Å². The summed E-state index contributed by atoms with van der Waals surface area (Å²) < 4.78 is 0. The maximum atomic E-state index is 10.7. The van der Waals surface area contributed by atoms with Crippen molar-refractivity contribution in [3.8, 4) is 11.5 Å². The molecule has 0 aliphatic heterocycles. The molecule has 0 spiro atoms. The first-order valence-electron chi connectivity index (χ1n) is 5.58. The number of hydrogen-bond donors (Lipinski definition) is 2. The molecule has 1 aromatic carbocycles. The first-order valence-corrected chi connectivity index (χ1v) is 5.58. The second-order valence-corrected chi connectivity index (χ2v) is 4.07. The maximum absolute atomic E-state index is 10.7. The highest BCUT2D eigenvalue weighted by atomic mass is 16.4. The van der Waals surface area contributed by atoms with E-state index in [1.54, 1.807) is 0 Å². The molecule has 0 bridgehead atoms. The van der Waals surface area contributed by atoms with Crippen LogP contribution in [0.2, 0.25) is 0 Å². The van der Waals surface area contributed by atoms with Crippen molar-refractivity contribution in [2.24, 2.45) is 0 Å². The van der Waals surface area contributed by atoms with Gasteiger partial charge in [-0.3, -0.25) is 0 Å². The number of aromatic hydroxyl groups is 1. The van der Waals surface area contributed by atoms with E-state index in [2.05, 4.69) is 24.9 Å². The Kier molecular flexibility index (Phi) is 4.88. The molecule has 19 heavy (non-hydrogen) atoms. The van der Waals surface area contributed by atoms with Gasteiger partial charge in [0.1, 0.15) is 5.75 Å². The smallest absolute Gasteiger partial charge is 0.335 e. The van der Waals surface area contributed by atoms with Crippen molar-refractivity contribution >= 4 is 5.97 Å². The number of benzene rings is 1. The summed E-state index contributed by atoms with van der Waals surface area (Å²) in [7, 11) is 0. The highest BCUT2D eigenvalue weighted by Gasteiger charge is 2.03. The lowest BCUT2D eigenvalue weighted by molar-refractivity contribution is -0.379. The first kappa shape index (κ1) is 14.5. The van der Waals surface area contributed by atoms with Crippen LogP contribution in [0.5, 0.6) is 11.5 Å². The van der Waals surface area contributed by atoms with Crippen molar-refractivity contribution in [3.63, 3.8) is 0 Å². The van der Waals surface area contributed by atoms with Crippen LogP contribution in [0.15, 0.2) is 36.7 Å². The van der Waals surface area contributed by atoms with Gasteiger partial charge >= 0.3 is 5.97 Å². The monoisotopic (exact) mass is 261 g/mol. The number of rotatable bonds is 1. The minimum Gasteiger partial charge on any atom is -0.872 e. The fourth-order valence-electron chi connectivity index (χ4n) is 1.43. The predicted octanol–water partition coefficient (Wildman–Crippen LogP) is 1.28. The van der Waals surface area contributed by atoms with Gasteiger partial charge in [0.25, 0.3) is 0 Å². The Balaban J connectivity index is 0.000000200. The second kappa shape index (κ2) is 6.39. The topological polar surface area (TPSA) is 94.7 Å². The number of carbonyl (C=O) groups is 1. The van der Waals surface area contributed by atoms with Crippen LogP contribution in [0.25, 0.3) is 0 Å². The molecule has 0 saturated carbocycles. The Labute approximate surface area is 110 Å². The van der Waals surface area contributed by atoms with E-state index < -0.39 is 17.3 Å². The van der Waals surface area contributed by atoms with E-state index >= 15 is 0 Å². The highest BCUT2D eigenvalue weighted by molar-refractivity contribution is 5.90. The highest BCUT2D eigenvalue weighted by Crippen LogP contribution is 2.19. The molecule has 5 heteroatoms. The van der Waals surface area contributed by atoms with Gasteiger partial charge in [0.15, 0.2) is 12.4 Å². The summed E-state index contributed by atoms with van der Waals surface area (Å²) in [5.41, 5.74) is 2.15. The Bertz CT molecular complexity index is 564. The third kappa shape index (κ3) is 4.67. The quantitative estimate of drug-likeness (QED) is 0.808. The summed E-state index contributed by atoms with van der Waals surface area (Å²) in [6.45, 7) is 4.15. The Hall–Kier alpha value is -2.56. The fourth-order valence-corrected chi connectivity index (χ4v) is 1.43. The minimum atomic E-state index is -1.33. The number of pyridine rings is 1. The zero-order chi connectivity index (χ0) is 14.4. The van der Waals surface area contributed by atoms with Gasteiger partial charge in [-0.05, 0) is 32.0 Å². The van der Waals surface area contributed by atoms with Crippen molar-refractivity contribution in [2.45, 2.75) is 13.8 Å². The average molecular weight is 261 g/mol. The van der Waals surface area contributed by atoms with Gasteiger partial charge in [-0.1, -0.05) is 11.8 Å². The van der Waals surface area contributed by atoms with Crippen LogP contribution in [0.1, 0.15) is 21.5 Å². The average Bonchev–Trinajstić information content (AvgIpc) is 2.32. The molecule has 0 aliphatic carbocycles. The molecule has 0 aliphatic rings. The first-order chi connectivity index (χ1) is 8.90. The summed E-state index contributed by atoms with van der Waals surface area (Å²) in [5.74, 6) is -2.15. The van der Waals surface area contributed by atoms with Crippen LogP contribution in [0.3, 0.4) is 0 Å². The van der Waals surface area contributed by atoms with Crippen LogP contribution in [0.4, 0.5) is 0 Å². The van der Waals surface area contributed by atoms with Crippen molar-refractivity contribution in [1.82, 2.24) is 0 Å². The lowest BCUT2D eigenvalue weighted by Crippen LogP contribution is -2.02. The summed E-state index contributed by atoms with van der Waals surface area (Å²) in [5, 5.41) is 27.9. The molecule has 0 fully saturated rings. The van der Waals surface area contributed by atoms with E-state index in [9.17, 15) is 9.90 Å². The largest absolute Gasteiger partial charge is 0.872 e. The van der Waals surface area contributed by atoms with Gasteiger partial charge in [-0.25, -0.2) is 9.78 Å². The van der Waals surface area contributed by atoms with Crippen molar-refractivity contribution < 1.29 is 25.1 Å². The minimum absolute atomic E-state index is 0.220. The molecule has 0 saturated heterocycles. The molecule has 0 atom stereocenters.